The second kappa shape index (κ2) is 6.87. The molecule has 0 amide bonds. The molecule has 0 radical (unpaired) electrons. The van der Waals surface area contributed by atoms with Crippen LogP contribution in [0.3, 0.4) is 0 Å². The number of hydrogen-bond donors (Lipinski definition) is 2. The molecule has 0 bridgehead atoms. The number of hydrogen-bond acceptors (Lipinski definition) is 4. The lowest BCUT2D eigenvalue weighted by Crippen LogP contribution is -2.10. The maximum absolute atomic E-state index is 14.0. The van der Waals surface area contributed by atoms with E-state index in [0.717, 1.165) is 18.2 Å². The molecular formula is C15H17FN2O2S. The minimum atomic E-state index is -0.797. The molecule has 21 heavy (non-hydrogen) atoms. The number of aliphatic hydroxyl groups is 1. The van der Waals surface area contributed by atoms with Crippen LogP contribution in [0.5, 0.6) is 0 Å². The molecule has 4 nitrogen and oxygen atoms in total. The van der Waals surface area contributed by atoms with E-state index in [2.05, 4.69) is 9.97 Å². The van der Waals surface area contributed by atoms with Crippen LogP contribution in [0.25, 0.3) is 0 Å². The van der Waals surface area contributed by atoms with E-state index in [0.29, 0.717) is 22.8 Å². The van der Waals surface area contributed by atoms with Crippen molar-refractivity contribution >= 4 is 11.8 Å². The Balaban J connectivity index is 2.40. The molecule has 1 atom stereocenters. The van der Waals surface area contributed by atoms with E-state index in [9.17, 15) is 14.3 Å². The molecule has 2 N–H and O–H groups in total. The zero-order valence-electron chi connectivity index (χ0n) is 11.9. The van der Waals surface area contributed by atoms with Crippen LogP contribution in [-0.4, -0.2) is 15.1 Å². The Labute approximate surface area is 126 Å². The summed E-state index contributed by atoms with van der Waals surface area (Å²) in [5, 5.41) is 10.1. The number of nitrogens with one attached hydrogen (secondary N) is 1. The summed E-state index contributed by atoms with van der Waals surface area (Å²) in [7, 11) is 0. The number of benzene rings is 1. The number of aromatic nitrogens is 2. The van der Waals surface area contributed by atoms with E-state index < -0.39 is 11.9 Å². The van der Waals surface area contributed by atoms with E-state index in [1.807, 2.05) is 6.92 Å². The molecule has 0 fully saturated rings. The Hall–Kier alpha value is -1.66. The second-order valence-corrected chi connectivity index (χ2v) is 5.73. The van der Waals surface area contributed by atoms with E-state index in [4.69, 9.17) is 0 Å². The van der Waals surface area contributed by atoms with Gasteiger partial charge in [0.1, 0.15) is 5.82 Å². The van der Waals surface area contributed by atoms with Gasteiger partial charge in [-0.2, -0.15) is 0 Å². The molecule has 2 aromatic rings. The van der Waals surface area contributed by atoms with E-state index in [1.165, 1.54) is 12.1 Å². The molecule has 1 heterocycles. The SMILES string of the molecule is CCCc1cc(=O)[nH]c(Sc2c(F)cccc2C(C)O)n1. The first kappa shape index (κ1) is 15.7. The van der Waals surface area contributed by atoms with Crippen molar-refractivity contribution in [2.45, 2.75) is 42.8 Å². The summed E-state index contributed by atoms with van der Waals surface area (Å²) < 4.78 is 14.0. The van der Waals surface area contributed by atoms with Crippen molar-refractivity contribution < 1.29 is 9.50 Å². The Morgan fingerprint density at radius 1 is 1.48 bits per heavy atom. The van der Waals surface area contributed by atoms with Gasteiger partial charge in [-0.05, 0) is 36.7 Å². The highest BCUT2D eigenvalue weighted by atomic mass is 32.2. The fourth-order valence-electron chi connectivity index (χ4n) is 1.97. The number of aromatic amines is 1. The summed E-state index contributed by atoms with van der Waals surface area (Å²) in [6.45, 7) is 3.57. The van der Waals surface area contributed by atoms with E-state index in [-0.39, 0.29) is 10.5 Å². The van der Waals surface area contributed by atoms with Gasteiger partial charge < -0.3 is 10.1 Å². The molecule has 2 rings (SSSR count). The van der Waals surface area contributed by atoms with Crippen molar-refractivity contribution in [3.8, 4) is 0 Å². The maximum atomic E-state index is 14.0. The van der Waals surface area contributed by atoms with Gasteiger partial charge in [0.05, 0.1) is 11.0 Å². The summed E-state index contributed by atoms with van der Waals surface area (Å²) >= 11 is 1.02. The molecule has 1 aromatic heterocycles. The number of rotatable bonds is 5. The lowest BCUT2D eigenvalue weighted by molar-refractivity contribution is 0.195. The first-order chi connectivity index (χ1) is 10.0. The maximum Gasteiger partial charge on any atom is 0.251 e. The quantitative estimate of drug-likeness (QED) is 0.833. The van der Waals surface area contributed by atoms with Gasteiger partial charge in [0.2, 0.25) is 0 Å². The van der Waals surface area contributed by atoms with Gasteiger partial charge in [0.25, 0.3) is 5.56 Å². The van der Waals surface area contributed by atoms with Crippen molar-refractivity contribution in [1.29, 1.82) is 0 Å². The lowest BCUT2D eigenvalue weighted by Gasteiger charge is -2.12. The molecule has 1 unspecified atom stereocenters. The van der Waals surface area contributed by atoms with Crippen LogP contribution < -0.4 is 5.56 Å². The predicted octanol–water partition coefficient (Wildman–Crippen LogP) is 3.07. The van der Waals surface area contributed by atoms with Crippen LogP contribution >= 0.6 is 11.8 Å². The van der Waals surface area contributed by atoms with Crippen LogP contribution in [-0.2, 0) is 6.42 Å². The van der Waals surface area contributed by atoms with Gasteiger partial charge in [0, 0.05) is 11.8 Å². The number of H-pyrrole nitrogens is 1. The van der Waals surface area contributed by atoms with Gasteiger partial charge in [0.15, 0.2) is 5.16 Å². The zero-order valence-corrected chi connectivity index (χ0v) is 12.7. The van der Waals surface area contributed by atoms with Crippen LogP contribution in [0.15, 0.2) is 39.1 Å². The minimum Gasteiger partial charge on any atom is -0.389 e. The third-order valence-electron chi connectivity index (χ3n) is 2.93. The highest BCUT2D eigenvalue weighted by molar-refractivity contribution is 7.99. The topological polar surface area (TPSA) is 66.0 Å². The molecule has 0 saturated carbocycles. The third kappa shape index (κ3) is 3.92. The molecular weight excluding hydrogens is 291 g/mol. The molecule has 6 heteroatoms. The van der Waals surface area contributed by atoms with Crippen molar-refractivity contribution in [1.82, 2.24) is 9.97 Å². The smallest absolute Gasteiger partial charge is 0.251 e. The molecule has 1 aromatic carbocycles. The van der Waals surface area contributed by atoms with Crippen LogP contribution in [0, 0.1) is 5.82 Å². The highest BCUT2D eigenvalue weighted by Crippen LogP contribution is 2.33. The minimum absolute atomic E-state index is 0.258. The fraction of sp³-hybridized carbons (Fsp3) is 0.333. The fourth-order valence-corrected chi connectivity index (χ4v) is 3.00. The average Bonchev–Trinajstić information content (AvgIpc) is 2.40. The summed E-state index contributed by atoms with van der Waals surface area (Å²) in [5.41, 5.74) is 0.896. The van der Waals surface area contributed by atoms with Crippen molar-refractivity contribution in [3.63, 3.8) is 0 Å². The molecule has 0 saturated heterocycles. The number of aliphatic hydroxyl groups excluding tert-OH is 1. The molecule has 0 spiro atoms. The number of aryl methyl sites for hydroxylation is 1. The van der Waals surface area contributed by atoms with Gasteiger partial charge in [-0.15, -0.1) is 0 Å². The summed E-state index contributed by atoms with van der Waals surface area (Å²) in [4.78, 5) is 18.8. The Kier molecular flexibility index (Phi) is 5.14. The molecule has 0 aliphatic carbocycles. The van der Waals surface area contributed by atoms with Gasteiger partial charge in [-0.25, -0.2) is 9.37 Å². The van der Waals surface area contributed by atoms with Crippen molar-refractivity contribution in [2.75, 3.05) is 0 Å². The summed E-state index contributed by atoms with van der Waals surface area (Å²) in [6, 6.07) is 5.97. The van der Waals surface area contributed by atoms with Gasteiger partial charge in [-0.1, -0.05) is 25.5 Å². The Morgan fingerprint density at radius 2 is 2.24 bits per heavy atom. The first-order valence-corrected chi connectivity index (χ1v) is 7.57. The highest BCUT2D eigenvalue weighted by Gasteiger charge is 2.15. The lowest BCUT2D eigenvalue weighted by atomic mass is 10.1. The van der Waals surface area contributed by atoms with Crippen molar-refractivity contribution in [3.05, 3.63) is 51.7 Å². The summed E-state index contributed by atoms with van der Waals surface area (Å²) in [6.07, 6.45) is 0.769. The summed E-state index contributed by atoms with van der Waals surface area (Å²) in [5.74, 6) is -0.443. The monoisotopic (exact) mass is 308 g/mol. The standard InChI is InChI=1S/C15H17FN2O2S/c1-3-5-10-8-13(20)18-15(17-10)21-14-11(9(2)19)6-4-7-12(14)16/h4,6-9,19H,3,5H2,1-2H3,(H,17,18,20). The van der Waals surface area contributed by atoms with Crippen LogP contribution in [0.2, 0.25) is 0 Å². The van der Waals surface area contributed by atoms with Crippen LogP contribution in [0.4, 0.5) is 4.39 Å². The number of halogens is 1. The first-order valence-electron chi connectivity index (χ1n) is 6.75. The molecule has 0 aliphatic rings. The zero-order chi connectivity index (χ0) is 15.4. The number of nitrogens with zero attached hydrogens (tertiary/aromatic N) is 1. The van der Waals surface area contributed by atoms with E-state index in [1.54, 1.807) is 19.1 Å². The Morgan fingerprint density at radius 3 is 2.90 bits per heavy atom. The third-order valence-corrected chi connectivity index (χ3v) is 3.95. The van der Waals surface area contributed by atoms with E-state index >= 15 is 0 Å². The average molecular weight is 308 g/mol. The normalized spacial score (nSPS) is 12.4. The largest absolute Gasteiger partial charge is 0.389 e. The van der Waals surface area contributed by atoms with Crippen LogP contribution in [0.1, 0.15) is 37.6 Å². The molecule has 112 valence electrons. The second-order valence-electron chi connectivity index (χ2n) is 4.73. The van der Waals surface area contributed by atoms with Gasteiger partial charge >= 0.3 is 0 Å². The Bertz CT molecular complexity index is 686. The molecule has 0 aliphatic heterocycles. The van der Waals surface area contributed by atoms with Gasteiger partial charge in [-0.3, -0.25) is 4.79 Å². The van der Waals surface area contributed by atoms with Crippen molar-refractivity contribution in [2.24, 2.45) is 0 Å². The predicted molar refractivity (Wildman–Crippen MR) is 80.0 cm³/mol.